The van der Waals surface area contributed by atoms with Gasteiger partial charge in [-0.25, -0.2) is 14.2 Å². The van der Waals surface area contributed by atoms with Gasteiger partial charge < -0.3 is 15.2 Å². The molecule has 2 aromatic carbocycles. The van der Waals surface area contributed by atoms with Crippen LogP contribution in [0.4, 0.5) is 8.78 Å². The van der Waals surface area contributed by atoms with Crippen LogP contribution in [-0.4, -0.2) is 36.9 Å². The van der Waals surface area contributed by atoms with Crippen LogP contribution in [0.3, 0.4) is 0 Å². The zero-order valence-corrected chi connectivity index (χ0v) is 14.6. The monoisotopic (exact) mass is 375 g/mol. The number of ether oxygens (including phenoxy) is 1. The number of methoxy groups -OCH3 is 1. The Labute approximate surface area is 154 Å². The first-order valence-corrected chi connectivity index (χ1v) is 8.35. The topological polar surface area (TPSA) is 83.0 Å². The molecule has 1 aliphatic carbocycles. The van der Waals surface area contributed by atoms with E-state index in [1.165, 1.54) is 25.5 Å². The molecule has 1 amide bonds. The van der Waals surface area contributed by atoms with E-state index >= 15 is 0 Å². The number of hydrazone groups is 1. The van der Waals surface area contributed by atoms with Gasteiger partial charge in [0.2, 0.25) is 0 Å². The summed E-state index contributed by atoms with van der Waals surface area (Å²) in [5.74, 6) is -1.53. The molecule has 2 aromatic rings. The van der Waals surface area contributed by atoms with Crippen molar-refractivity contribution in [1.29, 1.82) is 0 Å². The maximum Gasteiger partial charge on any atom is 0.254 e. The standard InChI is InChI=1S/C19H19F2N3O3/c1-27-13-4-2-12(18(25)7-13)9-23-24-19(26)10-22-17-8-14(17)11-3-5-15(20)16(21)6-11/h2-7,9,14,17,22,25H,8,10H2,1H3,(H,24,26)/b23-9+/t14-,17+/m0/s1. The van der Waals surface area contributed by atoms with Crippen LogP contribution < -0.4 is 15.5 Å². The predicted molar refractivity (Wildman–Crippen MR) is 95.9 cm³/mol. The number of phenols is 1. The minimum Gasteiger partial charge on any atom is -0.507 e. The Kier molecular flexibility index (Phi) is 5.66. The van der Waals surface area contributed by atoms with Crippen molar-refractivity contribution in [3.05, 3.63) is 59.2 Å². The van der Waals surface area contributed by atoms with Gasteiger partial charge in [0.05, 0.1) is 19.9 Å². The van der Waals surface area contributed by atoms with E-state index in [1.54, 1.807) is 18.2 Å². The molecule has 8 heteroatoms. The van der Waals surface area contributed by atoms with E-state index in [4.69, 9.17) is 4.74 Å². The molecule has 0 unspecified atom stereocenters. The van der Waals surface area contributed by atoms with Gasteiger partial charge >= 0.3 is 0 Å². The smallest absolute Gasteiger partial charge is 0.254 e. The van der Waals surface area contributed by atoms with E-state index < -0.39 is 11.6 Å². The molecule has 1 aliphatic rings. The highest BCUT2D eigenvalue weighted by Gasteiger charge is 2.38. The number of hydrogen-bond acceptors (Lipinski definition) is 5. The van der Waals surface area contributed by atoms with Gasteiger partial charge in [-0.05, 0) is 36.2 Å². The molecule has 0 aromatic heterocycles. The molecule has 3 N–H and O–H groups in total. The Morgan fingerprint density at radius 1 is 1.30 bits per heavy atom. The van der Waals surface area contributed by atoms with Crippen LogP contribution >= 0.6 is 0 Å². The predicted octanol–water partition coefficient (Wildman–Crippen LogP) is 2.27. The molecule has 3 rings (SSSR count). The van der Waals surface area contributed by atoms with Gasteiger partial charge in [0, 0.05) is 23.6 Å². The van der Waals surface area contributed by atoms with Crippen LogP contribution in [0.2, 0.25) is 0 Å². The van der Waals surface area contributed by atoms with Gasteiger partial charge in [-0.1, -0.05) is 6.07 Å². The minimum atomic E-state index is -0.871. The number of carbonyl (C=O) groups excluding carboxylic acids is 1. The largest absolute Gasteiger partial charge is 0.507 e. The van der Waals surface area contributed by atoms with Crippen molar-refractivity contribution in [2.24, 2.45) is 5.10 Å². The summed E-state index contributed by atoms with van der Waals surface area (Å²) in [6.45, 7) is 0.0385. The highest BCUT2D eigenvalue weighted by atomic mass is 19.2. The highest BCUT2D eigenvalue weighted by molar-refractivity contribution is 5.85. The highest BCUT2D eigenvalue weighted by Crippen LogP contribution is 2.40. The molecule has 0 aliphatic heterocycles. The van der Waals surface area contributed by atoms with Crippen LogP contribution in [0.25, 0.3) is 0 Å². The van der Waals surface area contributed by atoms with Gasteiger partial charge in [-0.3, -0.25) is 4.79 Å². The van der Waals surface area contributed by atoms with E-state index in [0.29, 0.717) is 16.9 Å². The molecule has 0 bridgehead atoms. The Balaban J connectivity index is 1.43. The lowest BCUT2D eigenvalue weighted by molar-refractivity contribution is -0.120. The Morgan fingerprint density at radius 2 is 2.11 bits per heavy atom. The summed E-state index contributed by atoms with van der Waals surface area (Å²) < 4.78 is 31.2. The van der Waals surface area contributed by atoms with Crippen LogP contribution in [0.15, 0.2) is 41.5 Å². The van der Waals surface area contributed by atoms with Gasteiger partial charge in [0.15, 0.2) is 11.6 Å². The zero-order valence-electron chi connectivity index (χ0n) is 14.6. The maximum atomic E-state index is 13.3. The van der Waals surface area contributed by atoms with Crippen LogP contribution in [0, 0.1) is 11.6 Å². The molecule has 2 atom stereocenters. The lowest BCUT2D eigenvalue weighted by Gasteiger charge is -2.05. The second-order valence-corrected chi connectivity index (χ2v) is 6.22. The Hall–Kier alpha value is -3.00. The molecule has 0 spiro atoms. The fourth-order valence-corrected chi connectivity index (χ4v) is 2.73. The Morgan fingerprint density at radius 3 is 2.81 bits per heavy atom. The second kappa shape index (κ2) is 8.13. The molecule has 0 heterocycles. The first-order chi connectivity index (χ1) is 13.0. The average molecular weight is 375 g/mol. The lowest BCUT2D eigenvalue weighted by atomic mass is 10.1. The number of benzene rings is 2. The number of nitrogens with zero attached hydrogens (tertiary/aromatic N) is 1. The summed E-state index contributed by atoms with van der Waals surface area (Å²) in [5.41, 5.74) is 3.50. The van der Waals surface area contributed by atoms with Crippen molar-refractivity contribution < 1.29 is 23.4 Å². The summed E-state index contributed by atoms with van der Waals surface area (Å²) in [5, 5.41) is 16.6. The van der Waals surface area contributed by atoms with E-state index in [9.17, 15) is 18.7 Å². The number of nitrogens with one attached hydrogen (secondary N) is 2. The first kappa shape index (κ1) is 18.8. The molecule has 142 valence electrons. The third kappa shape index (κ3) is 4.79. The van der Waals surface area contributed by atoms with Crippen LogP contribution in [0.1, 0.15) is 23.5 Å². The van der Waals surface area contributed by atoms with Crippen molar-refractivity contribution in [2.45, 2.75) is 18.4 Å². The number of halogens is 2. The van der Waals surface area contributed by atoms with Crippen molar-refractivity contribution >= 4 is 12.1 Å². The second-order valence-electron chi connectivity index (χ2n) is 6.22. The van der Waals surface area contributed by atoms with Crippen LogP contribution in [0.5, 0.6) is 11.5 Å². The molecule has 0 saturated heterocycles. The number of aromatic hydroxyl groups is 1. The summed E-state index contributed by atoms with van der Waals surface area (Å²) in [6, 6.07) is 8.60. The number of phenolic OH excluding ortho intramolecular Hbond substituents is 1. The fourth-order valence-electron chi connectivity index (χ4n) is 2.73. The summed E-state index contributed by atoms with van der Waals surface area (Å²) >= 11 is 0. The number of rotatable bonds is 7. The summed E-state index contributed by atoms with van der Waals surface area (Å²) in [4.78, 5) is 11.8. The molecular formula is C19H19F2N3O3. The fraction of sp³-hybridized carbons (Fsp3) is 0.263. The molecule has 6 nitrogen and oxygen atoms in total. The van der Waals surface area contributed by atoms with Crippen molar-refractivity contribution in [3.63, 3.8) is 0 Å². The van der Waals surface area contributed by atoms with Crippen molar-refractivity contribution in [3.8, 4) is 11.5 Å². The van der Waals surface area contributed by atoms with Crippen LogP contribution in [-0.2, 0) is 4.79 Å². The number of carbonyl (C=O) groups is 1. The molecule has 1 saturated carbocycles. The van der Waals surface area contributed by atoms with Gasteiger partial charge in [0.25, 0.3) is 5.91 Å². The van der Waals surface area contributed by atoms with E-state index in [1.807, 2.05) is 0 Å². The number of hydrogen-bond donors (Lipinski definition) is 3. The lowest BCUT2D eigenvalue weighted by Crippen LogP contribution is -2.32. The Bertz CT molecular complexity index is 873. The SMILES string of the molecule is COc1ccc(/C=N/NC(=O)CN[C@@H]2C[C@H]2c2ccc(F)c(F)c2)c(O)c1. The van der Waals surface area contributed by atoms with E-state index in [0.717, 1.165) is 12.5 Å². The summed E-state index contributed by atoms with van der Waals surface area (Å²) in [6.07, 6.45) is 2.08. The molecule has 1 fully saturated rings. The maximum absolute atomic E-state index is 13.3. The molecule has 0 radical (unpaired) electrons. The van der Waals surface area contributed by atoms with E-state index in [-0.39, 0.29) is 30.2 Å². The van der Waals surface area contributed by atoms with Gasteiger partial charge in [-0.15, -0.1) is 0 Å². The van der Waals surface area contributed by atoms with Crippen molar-refractivity contribution in [2.75, 3.05) is 13.7 Å². The first-order valence-electron chi connectivity index (χ1n) is 8.35. The average Bonchev–Trinajstić information content (AvgIpc) is 3.43. The minimum absolute atomic E-state index is 0.0159. The zero-order chi connectivity index (χ0) is 19.4. The van der Waals surface area contributed by atoms with Gasteiger partial charge in [-0.2, -0.15) is 5.10 Å². The van der Waals surface area contributed by atoms with Gasteiger partial charge in [0.1, 0.15) is 11.5 Å². The molecular weight excluding hydrogens is 356 g/mol. The quantitative estimate of drug-likeness (QED) is 0.512. The molecule has 27 heavy (non-hydrogen) atoms. The number of amides is 1. The normalized spacial score (nSPS) is 18.5. The third-order valence-corrected chi connectivity index (χ3v) is 4.32. The third-order valence-electron chi connectivity index (χ3n) is 4.32. The van der Waals surface area contributed by atoms with Crippen molar-refractivity contribution in [1.82, 2.24) is 10.7 Å². The van der Waals surface area contributed by atoms with E-state index in [2.05, 4.69) is 15.8 Å². The summed E-state index contributed by atoms with van der Waals surface area (Å²) in [7, 11) is 1.49.